The first kappa shape index (κ1) is 19.5. The molecule has 2 aromatic carbocycles. The van der Waals surface area contributed by atoms with Crippen LogP contribution in [-0.4, -0.2) is 27.4 Å². The lowest BCUT2D eigenvalue weighted by Crippen LogP contribution is -2.24. The van der Waals surface area contributed by atoms with Crippen molar-refractivity contribution in [3.63, 3.8) is 0 Å². The van der Waals surface area contributed by atoms with E-state index in [1.807, 2.05) is 90.1 Å². The van der Waals surface area contributed by atoms with Crippen LogP contribution in [0.5, 0.6) is 5.75 Å². The van der Waals surface area contributed by atoms with E-state index in [4.69, 9.17) is 9.84 Å². The Morgan fingerprint density at radius 3 is 2.43 bits per heavy atom. The van der Waals surface area contributed by atoms with Gasteiger partial charge in [-0.3, -0.25) is 4.79 Å². The second-order valence-corrected chi connectivity index (χ2v) is 7.16. The molecule has 1 amide bonds. The van der Waals surface area contributed by atoms with E-state index in [1.54, 1.807) is 7.11 Å². The third-order valence-corrected chi connectivity index (χ3v) is 4.97. The molecule has 4 rings (SSSR count). The molecule has 0 saturated carbocycles. The fourth-order valence-electron chi connectivity index (χ4n) is 3.45. The Morgan fingerprint density at radius 2 is 1.77 bits per heavy atom. The summed E-state index contributed by atoms with van der Waals surface area (Å²) in [7, 11) is 1.63. The minimum Gasteiger partial charge on any atom is -0.497 e. The van der Waals surface area contributed by atoms with Gasteiger partial charge in [0.25, 0.3) is 5.91 Å². The van der Waals surface area contributed by atoms with Gasteiger partial charge in [-0.25, -0.2) is 4.68 Å². The molecular weight excluding hydrogens is 376 g/mol. The SMILES string of the molecule is COc1ccc(CNC(=O)c2c(C)nn(-c3cccc(C)c3)c2-n2cccc2)cc1. The maximum absolute atomic E-state index is 13.2. The Bertz CT molecular complexity index is 1160. The minimum absolute atomic E-state index is 0.161. The van der Waals surface area contributed by atoms with Gasteiger partial charge in [0.15, 0.2) is 5.82 Å². The van der Waals surface area contributed by atoms with Crippen molar-refractivity contribution in [3.05, 3.63) is 95.4 Å². The van der Waals surface area contributed by atoms with Crippen LogP contribution in [0.25, 0.3) is 11.5 Å². The van der Waals surface area contributed by atoms with Crippen LogP contribution >= 0.6 is 0 Å². The summed E-state index contributed by atoms with van der Waals surface area (Å²) in [6, 6.07) is 19.6. The first-order valence-electron chi connectivity index (χ1n) is 9.78. The van der Waals surface area contributed by atoms with E-state index < -0.39 is 0 Å². The first-order valence-corrected chi connectivity index (χ1v) is 9.78. The number of carbonyl (C=O) groups excluding carboxylic acids is 1. The van der Waals surface area contributed by atoms with E-state index in [9.17, 15) is 4.79 Å². The standard InChI is InChI=1S/C24H24N4O2/c1-17-7-6-8-20(15-17)28-24(27-13-4-5-14-27)22(18(2)26-28)23(29)25-16-19-9-11-21(30-3)12-10-19/h4-15H,16H2,1-3H3,(H,25,29). The van der Waals surface area contributed by atoms with E-state index in [-0.39, 0.29) is 5.91 Å². The summed E-state index contributed by atoms with van der Waals surface area (Å²) in [5.74, 6) is 1.34. The molecule has 0 aliphatic rings. The summed E-state index contributed by atoms with van der Waals surface area (Å²) in [5, 5.41) is 7.72. The molecule has 6 heteroatoms. The molecule has 0 saturated heterocycles. The van der Waals surface area contributed by atoms with Crippen molar-refractivity contribution in [2.45, 2.75) is 20.4 Å². The molecule has 0 aliphatic heterocycles. The van der Waals surface area contributed by atoms with E-state index in [0.29, 0.717) is 17.8 Å². The van der Waals surface area contributed by atoms with Gasteiger partial charge in [-0.1, -0.05) is 24.3 Å². The molecule has 0 bridgehead atoms. The second-order valence-electron chi connectivity index (χ2n) is 7.16. The quantitative estimate of drug-likeness (QED) is 0.527. The molecule has 0 radical (unpaired) electrons. The lowest BCUT2D eigenvalue weighted by molar-refractivity contribution is 0.0950. The van der Waals surface area contributed by atoms with Gasteiger partial charge in [-0.05, 0) is 61.4 Å². The number of carbonyl (C=O) groups is 1. The number of benzene rings is 2. The maximum Gasteiger partial charge on any atom is 0.257 e. The van der Waals surface area contributed by atoms with Gasteiger partial charge >= 0.3 is 0 Å². The Morgan fingerprint density at radius 1 is 1.03 bits per heavy atom. The average molecular weight is 400 g/mol. The highest BCUT2D eigenvalue weighted by Gasteiger charge is 2.23. The smallest absolute Gasteiger partial charge is 0.257 e. The number of hydrogen-bond donors (Lipinski definition) is 1. The molecule has 6 nitrogen and oxygen atoms in total. The molecule has 0 aliphatic carbocycles. The molecule has 0 spiro atoms. The van der Waals surface area contributed by atoms with Crippen LogP contribution in [0.1, 0.15) is 27.2 Å². The van der Waals surface area contributed by atoms with Crippen LogP contribution < -0.4 is 10.1 Å². The van der Waals surface area contributed by atoms with Gasteiger partial charge in [0, 0.05) is 18.9 Å². The summed E-state index contributed by atoms with van der Waals surface area (Å²) < 4.78 is 8.93. The van der Waals surface area contributed by atoms with Gasteiger partial charge in [-0.15, -0.1) is 0 Å². The number of amides is 1. The molecule has 2 heterocycles. The monoisotopic (exact) mass is 400 g/mol. The Kier molecular flexibility index (Phi) is 5.39. The van der Waals surface area contributed by atoms with Crippen molar-refractivity contribution < 1.29 is 9.53 Å². The lowest BCUT2D eigenvalue weighted by Gasteiger charge is -2.12. The van der Waals surface area contributed by atoms with Gasteiger partial charge < -0.3 is 14.6 Å². The van der Waals surface area contributed by atoms with Crippen LogP contribution in [0.4, 0.5) is 0 Å². The second kappa shape index (κ2) is 8.29. The molecule has 30 heavy (non-hydrogen) atoms. The highest BCUT2D eigenvalue weighted by atomic mass is 16.5. The molecule has 1 N–H and O–H groups in total. The van der Waals surface area contributed by atoms with Crippen LogP contribution in [0.3, 0.4) is 0 Å². The number of aryl methyl sites for hydroxylation is 2. The van der Waals surface area contributed by atoms with Crippen molar-refractivity contribution in [3.8, 4) is 17.3 Å². The van der Waals surface area contributed by atoms with Crippen LogP contribution in [-0.2, 0) is 6.54 Å². The number of nitrogens with zero attached hydrogens (tertiary/aromatic N) is 3. The van der Waals surface area contributed by atoms with Gasteiger partial charge in [0.1, 0.15) is 11.3 Å². The molecule has 152 valence electrons. The van der Waals surface area contributed by atoms with Crippen molar-refractivity contribution >= 4 is 5.91 Å². The third kappa shape index (κ3) is 3.85. The lowest BCUT2D eigenvalue weighted by atomic mass is 10.2. The normalized spacial score (nSPS) is 10.8. The topological polar surface area (TPSA) is 61.1 Å². The number of ether oxygens (including phenoxy) is 1. The van der Waals surface area contributed by atoms with Crippen molar-refractivity contribution in [1.29, 1.82) is 0 Å². The minimum atomic E-state index is -0.161. The number of aromatic nitrogens is 3. The molecular formula is C24H24N4O2. The molecule has 0 fully saturated rings. The molecule has 4 aromatic rings. The predicted molar refractivity (Wildman–Crippen MR) is 117 cm³/mol. The third-order valence-electron chi connectivity index (χ3n) is 4.97. The summed E-state index contributed by atoms with van der Waals surface area (Å²) in [5.41, 5.74) is 4.27. The number of methoxy groups -OCH3 is 1. The molecule has 0 unspecified atom stereocenters. The van der Waals surface area contributed by atoms with E-state index in [2.05, 4.69) is 11.4 Å². The van der Waals surface area contributed by atoms with Crippen molar-refractivity contribution in [2.75, 3.05) is 7.11 Å². The summed E-state index contributed by atoms with van der Waals surface area (Å²) in [6.45, 7) is 4.32. The first-order chi connectivity index (χ1) is 14.6. The fourth-order valence-corrected chi connectivity index (χ4v) is 3.45. The largest absolute Gasteiger partial charge is 0.497 e. The number of rotatable bonds is 6. The average Bonchev–Trinajstić information content (AvgIpc) is 3.40. The van der Waals surface area contributed by atoms with E-state index in [1.165, 1.54) is 0 Å². The van der Waals surface area contributed by atoms with Gasteiger partial charge in [-0.2, -0.15) is 5.10 Å². The zero-order valence-corrected chi connectivity index (χ0v) is 17.3. The Labute approximate surface area is 175 Å². The summed E-state index contributed by atoms with van der Waals surface area (Å²) in [4.78, 5) is 13.2. The highest BCUT2D eigenvalue weighted by Crippen LogP contribution is 2.24. The van der Waals surface area contributed by atoms with E-state index in [0.717, 1.165) is 28.4 Å². The van der Waals surface area contributed by atoms with E-state index >= 15 is 0 Å². The van der Waals surface area contributed by atoms with Crippen molar-refractivity contribution in [2.24, 2.45) is 0 Å². The van der Waals surface area contributed by atoms with Crippen LogP contribution in [0.15, 0.2) is 73.1 Å². The van der Waals surface area contributed by atoms with Gasteiger partial charge in [0.05, 0.1) is 18.5 Å². The number of hydrogen-bond acceptors (Lipinski definition) is 3. The van der Waals surface area contributed by atoms with Crippen LogP contribution in [0, 0.1) is 13.8 Å². The van der Waals surface area contributed by atoms with Crippen LogP contribution in [0.2, 0.25) is 0 Å². The Hall–Kier alpha value is -3.80. The summed E-state index contributed by atoms with van der Waals surface area (Å²) in [6.07, 6.45) is 3.84. The highest BCUT2D eigenvalue weighted by molar-refractivity contribution is 5.98. The molecule has 0 atom stereocenters. The van der Waals surface area contributed by atoms with Crippen molar-refractivity contribution in [1.82, 2.24) is 19.7 Å². The Balaban J connectivity index is 1.69. The predicted octanol–water partition coefficient (Wildman–Crippen LogP) is 4.22. The zero-order chi connectivity index (χ0) is 21.1. The molecule has 2 aromatic heterocycles. The maximum atomic E-state index is 13.2. The van der Waals surface area contributed by atoms with Gasteiger partial charge in [0.2, 0.25) is 0 Å². The fraction of sp³-hybridized carbons (Fsp3) is 0.167. The summed E-state index contributed by atoms with van der Waals surface area (Å²) >= 11 is 0. The zero-order valence-electron chi connectivity index (χ0n) is 17.3. The number of nitrogens with one attached hydrogen (secondary N) is 1.